The van der Waals surface area contributed by atoms with Gasteiger partial charge in [0.05, 0.1) is 11.9 Å². The smallest absolute Gasteiger partial charge is 0.0702 e. The fourth-order valence-corrected chi connectivity index (χ4v) is 1.81. The third kappa shape index (κ3) is 1.70. The van der Waals surface area contributed by atoms with Gasteiger partial charge in [0.1, 0.15) is 0 Å². The summed E-state index contributed by atoms with van der Waals surface area (Å²) >= 11 is 1.58. The van der Waals surface area contributed by atoms with Crippen molar-refractivity contribution in [3.8, 4) is 0 Å². The molecule has 1 aliphatic rings. The molecule has 0 saturated carbocycles. The second-order valence-corrected chi connectivity index (χ2v) is 4.09. The Hall–Kier alpha value is -0.960. The van der Waals surface area contributed by atoms with Crippen LogP contribution in [0.5, 0.6) is 0 Å². The predicted octanol–water partition coefficient (Wildman–Crippen LogP) is 3.25. The third-order valence-corrected chi connectivity index (χ3v) is 2.64. The minimum Gasteiger partial charge on any atom is -0.324 e. The quantitative estimate of drug-likeness (QED) is 0.691. The van der Waals surface area contributed by atoms with Crippen LogP contribution in [-0.4, -0.2) is 4.98 Å². The fourth-order valence-electron chi connectivity index (χ4n) is 1.23. The number of nitrogens with zero attached hydrogens (tertiary/aromatic N) is 1. The van der Waals surface area contributed by atoms with E-state index in [9.17, 15) is 0 Å². The van der Waals surface area contributed by atoms with Crippen LogP contribution >= 0.6 is 11.9 Å². The highest BCUT2D eigenvalue weighted by molar-refractivity contribution is 8.03. The lowest BCUT2D eigenvalue weighted by Gasteiger charge is -2.13. The molecule has 1 aromatic rings. The van der Waals surface area contributed by atoms with Gasteiger partial charge in [0, 0.05) is 11.3 Å². The van der Waals surface area contributed by atoms with Gasteiger partial charge in [-0.15, -0.1) is 0 Å². The van der Waals surface area contributed by atoms with Crippen molar-refractivity contribution >= 4 is 23.7 Å². The molecule has 2 heterocycles. The monoisotopic (exact) mass is 192 g/mol. The molecule has 0 radical (unpaired) electrons. The molecule has 0 fully saturated rings. The molecule has 68 valence electrons. The lowest BCUT2D eigenvalue weighted by Crippen LogP contribution is -1.98. The van der Waals surface area contributed by atoms with Gasteiger partial charge in [-0.3, -0.25) is 4.98 Å². The predicted molar refractivity (Wildman–Crippen MR) is 58.6 cm³/mol. The zero-order valence-electron chi connectivity index (χ0n) is 7.74. The molecule has 1 aliphatic heterocycles. The number of pyridine rings is 1. The maximum absolute atomic E-state index is 4.38. The Bertz CT molecular complexity index is 345. The van der Waals surface area contributed by atoms with Crippen molar-refractivity contribution in [2.45, 2.75) is 19.8 Å². The molecule has 2 rings (SSSR count). The number of nitrogens with one attached hydrogen (secondary N) is 1. The SMILES string of the molecule is CC(C)c1cc2c(cn1)NSC=C2. The minimum atomic E-state index is 0.494. The maximum Gasteiger partial charge on any atom is 0.0702 e. The van der Waals surface area contributed by atoms with Gasteiger partial charge in [-0.25, -0.2) is 0 Å². The van der Waals surface area contributed by atoms with Crippen molar-refractivity contribution < 1.29 is 0 Å². The maximum atomic E-state index is 4.38. The average Bonchev–Trinajstić information content (AvgIpc) is 2.17. The van der Waals surface area contributed by atoms with Gasteiger partial charge in [0.15, 0.2) is 0 Å². The van der Waals surface area contributed by atoms with E-state index in [4.69, 9.17) is 0 Å². The molecule has 0 aliphatic carbocycles. The van der Waals surface area contributed by atoms with Crippen LogP contribution in [-0.2, 0) is 0 Å². The number of rotatable bonds is 1. The van der Waals surface area contributed by atoms with Crippen LogP contribution < -0.4 is 4.72 Å². The fraction of sp³-hybridized carbons (Fsp3) is 0.300. The molecule has 1 aromatic heterocycles. The number of hydrogen-bond donors (Lipinski definition) is 1. The van der Waals surface area contributed by atoms with E-state index in [1.807, 2.05) is 11.6 Å². The van der Waals surface area contributed by atoms with Crippen LogP contribution in [0.2, 0.25) is 0 Å². The van der Waals surface area contributed by atoms with Crippen LogP contribution in [0, 0.1) is 0 Å². The summed E-state index contributed by atoms with van der Waals surface area (Å²) in [5.41, 5.74) is 3.49. The highest BCUT2D eigenvalue weighted by atomic mass is 32.2. The lowest BCUT2D eigenvalue weighted by molar-refractivity contribution is 0.823. The Morgan fingerprint density at radius 1 is 1.46 bits per heavy atom. The molecule has 0 atom stereocenters. The second-order valence-electron chi connectivity index (χ2n) is 3.37. The van der Waals surface area contributed by atoms with Gasteiger partial charge in [-0.05, 0) is 35.4 Å². The summed E-state index contributed by atoms with van der Waals surface area (Å²) in [6.45, 7) is 4.31. The zero-order valence-corrected chi connectivity index (χ0v) is 8.56. The summed E-state index contributed by atoms with van der Waals surface area (Å²) in [7, 11) is 0. The van der Waals surface area contributed by atoms with Gasteiger partial charge in [0.2, 0.25) is 0 Å². The van der Waals surface area contributed by atoms with E-state index in [1.54, 1.807) is 11.9 Å². The molecule has 2 nitrogen and oxygen atoms in total. The van der Waals surface area contributed by atoms with E-state index in [-0.39, 0.29) is 0 Å². The Balaban J connectivity index is 2.43. The summed E-state index contributed by atoms with van der Waals surface area (Å²) in [6, 6.07) is 2.14. The van der Waals surface area contributed by atoms with E-state index >= 15 is 0 Å². The summed E-state index contributed by atoms with van der Waals surface area (Å²) in [5, 5.41) is 2.05. The van der Waals surface area contributed by atoms with Crippen LogP contribution in [0.3, 0.4) is 0 Å². The van der Waals surface area contributed by atoms with Crippen molar-refractivity contribution in [2.24, 2.45) is 0 Å². The van der Waals surface area contributed by atoms with Crippen molar-refractivity contribution in [1.82, 2.24) is 4.98 Å². The molecular formula is C10H12N2S. The van der Waals surface area contributed by atoms with Gasteiger partial charge in [0.25, 0.3) is 0 Å². The first kappa shape index (κ1) is 8.63. The molecule has 13 heavy (non-hydrogen) atoms. The number of aromatic nitrogens is 1. The second kappa shape index (κ2) is 3.42. The topological polar surface area (TPSA) is 24.9 Å². The Labute approximate surface area is 82.6 Å². The van der Waals surface area contributed by atoms with Gasteiger partial charge < -0.3 is 4.72 Å². The van der Waals surface area contributed by atoms with Crippen LogP contribution in [0.15, 0.2) is 17.7 Å². The van der Waals surface area contributed by atoms with E-state index in [0.717, 1.165) is 11.4 Å². The van der Waals surface area contributed by atoms with E-state index in [2.05, 4.69) is 35.7 Å². The van der Waals surface area contributed by atoms with E-state index in [1.165, 1.54) is 5.56 Å². The van der Waals surface area contributed by atoms with Crippen LogP contribution in [0.1, 0.15) is 31.0 Å². The van der Waals surface area contributed by atoms with Crippen molar-refractivity contribution in [2.75, 3.05) is 4.72 Å². The van der Waals surface area contributed by atoms with Crippen LogP contribution in [0.4, 0.5) is 5.69 Å². The Morgan fingerprint density at radius 2 is 2.31 bits per heavy atom. The molecule has 0 unspecified atom stereocenters. The van der Waals surface area contributed by atoms with E-state index in [0.29, 0.717) is 5.92 Å². The molecule has 0 spiro atoms. The lowest BCUT2D eigenvalue weighted by atomic mass is 10.1. The first-order chi connectivity index (χ1) is 6.27. The first-order valence-electron chi connectivity index (χ1n) is 4.35. The molecule has 0 saturated heterocycles. The summed E-state index contributed by atoms with van der Waals surface area (Å²) in [5.74, 6) is 0.494. The standard InChI is InChI=1S/C10H12N2S/c1-7(2)9-5-8-3-4-13-12-10(8)6-11-9/h3-7,12H,1-2H3. The number of anilines is 1. The largest absolute Gasteiger partial charge is 0.324 e. The Kier molecular flexibility index (Phi) is 2.27. The summed E-state index contributed by atoms with van der Waals surface area (Å²) in [6.07, 6.45) is 4.02. The highest BCUT2D eigenvalue weighted by Gasteiger charge is 2.07. The van der Waals surface area contributed by atoms with Crippen molar-refractivity contribution in [3.05, 3.63) is 28.9 Å². The number of hydrogen-bond acceptors (Lipinski definition) is 3. The zero-order chi connectivity index (χ0) is 9.26. The molecule has 3 heteroatoms. The van der Waals surface area contributed by atoms with Crippen molar-refractivity contribution in [3.63, 3.8) is 0 Å². The van der Waals surface area contributed by atoms with Crippen LogP contribution in [0.25, 0.3) is 6.08 Å². The molecular weight excluding hydrogens is 180 g/mol. The average molecular weight is 192 g/mol. The Morgan fingerprint density at radius 3 is 3.08 bits per heavy atom. The molecule has 0 amide bonds. The highest BCUT2D eigenvalue weighted by Crippen LogP contribution is 2.27. The summed E-state index contributed by atoms with van der Waals surface area (Å²) < 4.78 is 3.20. The molecule has 1 N–H and O–H groups in total. The summed E-state index contributed by atoms with van der Waals surface area (Å²) in [4.78, 5) is 4.38. The molecule has 0 bridgehead atoms. The molecule has 0 aromatic carbocycles. The van der Waals surface area contributed by atoms with Gasteiger partial charge >= 0.3 is 0 Å². The van der Waals surface area contributed by atoms with Gasteiger partial charge in [-0.2, -0.15) is 0 Å². The minimum absolute atomic E-state index is 0.494. The normalized spacial score (nSPS) is 14.1. The van der Waals surface area contributed by atoms with Gasteiger partial charge in [-0.1, -0.05) is 13.8 Å². The van der Waals surface area contributed by atoms with E-state index < -0.39 is 0 Å². The van der Waals surface area contributed by atoms with Crippen molar-refractivity contribution in [1.29, 1.82) is 0 Å². The first-order valence-corrected chi connectivity index (χ1v) is 5.23. The third-order valence-electron chi connectivity index (χ3n) is 2.03. The number of fused-ring (bicyclic) bond motifs is 1.